The second-order valence-electron chi connectivity index (χ2n) is 6.45. The van der Waals surface area contributed by atoms with Crippen molar-refractivity contribution in [3.63, 3.8) is 0 Å². The zero-order valence-corrected chi connectivity index (χ0v) is 16.0. The number of rotatable bonds is 6. The Morgan fingerprint density at radius 1 is 1.25 bits per heavy atom. The molecule has 144 valence electrons. The van der Waals surface area contributed by atoms with Crippen molar-refractivity contribution in [2.24, 2.45) is 7.05 Å². The van der Waals surface area contributed by atoms with Gasteiger partial charge in [-0.05, 0) is 47.9 Å². The van der Waals surface area contributed by atoms with E-state index in [9.17, 15) is 9.18 Å². The van der Waals surface area contributed by atoms with Crippen molar-refractivity contribution in [2.75, 3.05) is 7.11 Å². The van der Waals surface area contributed by atoms with Gasteiger partial charge in [0.1, 0.15) is 23.4 Å². The molecule has 0 aliphatic carbocycles. The number of aromatic nitrogens is 2. The molecule has 6 heteroatoms. The normalized spacial score (nSPS) is 12.5. The molecule has 3 aromatic rings. The predicted octanol–water partition coefficient (Wildman–Crippen LogP) is 3.88. The Bertz CT molecular complexity index is 993. The van der Waals surface area contributed by atoms with Crippen LogP contribution in [0.25, 0.3) is 5.57 Å². The van der Waals surface area contributed by atoms with Crippen LogP contribution in [0.3, 0.4) is 0 Å². The maximum atomic E-state index is 13.1. The van der Waals surface area contributed by atoms with Gasteiger partial charge in [0.2, 0.25) is 5.91 Å². The molecule has 5 nitrogen and oxygen atoms in total. The van der Waals surface area contributed by atoms with Gasteiger partial charge in [0, 0.05) is 25.5 Å². The highest BCUT2D eigenvalue weighted by Crippen LogP contribution is 2.24. The highest BCUT2D eigenvalue weighted by Gasteiger charge is 2.20. The molecule has 0 fully saturated rings. The molecule has 3 rings (SSSR count). The van der Waals surface area contributed by atoms with E-state index < -0.39 is 6.04 Å². The summed E-state index contributed by atoms with van der Waals surface area (Å²) in [6.07, 6.45) is 5.02. The summed E-state index contributed by atoms with van der Waals surface area (Å²) in [6, 6.07) is 13.1. The van der Waals surface area contributed by atoms with E-state index in [1.54, 1.807) is 25.4 Å². The number of aryl methyl sites for hydroxylation is 1. The van der Waals surface area contributed by atoms with E-state index in [2.05, 4.69) is 10.3 Å². The van der Waals surface area contributed by atoms with Crippen LogP contribution in [0.4, 0.5) is 4.39 Å². The molecule has 1 atom stereocenters. The van der Waals surface area contributed by atoms with E-state index in [0.717, 1.165) is 16.7 Å². The number of allylic oxidation sites excluding steroid dienone is 1. The van der Waals surface area contributed by atoms with Crippen LogP contribution in [0.5, 0.6) is 5.75 Å². The lowest BCUT2D eigenvalue weighted by atomic mass is 10.0. The molecule has 0 bridgehead atoms. The van der Waals surface area contributed by atoms with Gasteiger partial charge >= 0.3 is 0 Å². The number of amides is 1. The van der Waals surface area contributed by atoms with Gasteiger partial charge in [0.05, 0.1) is 7.11 Å². The summed E-state index contributed by atoms with van der Waals surface area (Å²) >= 11 is 0. The Hall–Kier alpha value is -3.41. The first-order chi connectivity index (χ1) is 13.5. The highest BCUT2D eigenvalue weighted by molar-refractivity contribution is 5.95. The monoisotopic (exact) mass is 379 g/mol. The molecular weight excluding hydrogens is 357 g/mol. The Balaban J connectivity index is 1.89. The summed E-state index contributed by atoms with van der Waals surface area (Å²) < 4.78 is 20.3. The third-order valence-corrected chi connectivity index (χ3v) is 4.48. The minimum absolute atomic E-state index is 0.266. The number of hydrogen-bond donors (Lipinski definition) is 1. The first kappa shape index (κ1) is 19.4. The average Bonchev–Trinajstić information content (AvgIpc) is 3.12. The van der Waals surface area contributed by atoms with Gasteiger partial charge in [-0.15, -0.1) is 0 Å². The molecule has 0 aliphatic heterocycles. The van der Waals surface area contributed by atoms with Crippen molar-refractivity contribution < 1.29 is 13.9 Å². The zero-order valence-electron chi connectivity index (χ0n) is 16.0. The second kappa shape index (κ2) is 8.52. The van der Waals surface area contributed by atoms with Crippen molar-refractivity contribution >= 4 is 11.5 Å². The summed E-state index contributed by atoms with van der Waals surface area (Å²) in [5, 5.41) is 3.01. The molecule has 28 heavy (non-hydrogen) atoms. The Kier molecular flexibility index (Phi) is 5.89. The van der Waals surface area contributed by atoms with Crippen LogP contribution in [0.15, 0.2) is 67.0 Å². The van der Waals surface area contributed by atoms with Crippen molar-refractivity contribution in [3.05, 3.63) is 89.8 Å². The number of halogens is 1. The van der Waals surface area contributed by atoms with Gasteiger partial charge in [-0.25, -0.2) is 9.37 Å². The van der Waals surface area contributed by atoms with Crippen LogP contribution < -0.4 is 10.1 Å². The number of nitrogens with one attached hydrogen (secondary N) is 1. The van der Waals surface area contributed by atoms with Crippen molar-refractivity contribution in [2.45, 2.75) is 13.0 Å². The average molecular weight is 379 g/mol. The molecule has 0 spiro atoms. The number of benzene rings is 2. The van der Waals surface area contributed by atoms with E-state index in [1.807, 2.05) is 49.0 Å². The lowest BCUT2D eigenvalue weighted by Crippen LogP contribution is -2.30. The minimum Gasteiger partial charge on any atom is -0.497 e. The number of ether oxygens (including phenoxy) is 1. The molecule has 1 unspecified atom stereocenters. The quantitative estimate of drug-likeness (QED) is 0.662. The maximum Gasteiger partial charge on any atom is 0.245 e. The van der Waals surface area contributed by atoms with Gasteiger partial charge in [0.15, 0.2) is 0 Å². The fourth-order valence-corrected chi connectivity index (χ4v) is 2.95. The second-order valence-corrected chi connectivity index (χ2v) is 6.45. The number of imidazole rings is 1. The lowest BCUT2D eigenvalue weighted by Gasteiger charge is -2.19. The largest absolute Gasteiger partial charge is 0.497 e. The van der Waals surface area contributed by atoms with E-state index in [1.165, 1.54) is 18.2 Å². The number of methoxy groups -OCH3 is 1. The van der Waals surface area contributed by atoms with E-state index >= 15 is 0 Å². The molecule has 1 aromatic heterocycles. The summed E-state index contributed by atoms with van der Waals surface area (Å²) in [6.45, 7) is 1.81. The smallest absolute Gasteiger partial charge is 0.245 e. The van der Waals surface area contributed by atoms with E-state index in [0.29, 0.717) is 11.6 Å². The third-order valence-electron chi connectivity index (χ3n) is 4.48. The zero-order chi connectivity index (χ0) is 20.1. The summed E-state index contributed by atoms with van der Waals surface area (Å²) in [5.74, 6) is 0.824. The fraction of sp³-hybridized carbons (Fsp3) is 0.182. The van der Waals surface area contributed by atoms with Crippen LogP contribution in [0, 0.1) is 5.82 Å². The lowest BCUT2D eigenvalue weighted by molar-refractivity contribution is -0.117. The van der Waals surface area contributed by atoms with Gasteiger partial charge in [-0.1, -0.05) is 24.3 Å². The Morgan fingerprint density at radius 2 is 2.00 bits per heavy atom. The number of nitrogens with zero attached hydrogens (tertiary/aromatic N) is 2. The molecule has 1 N–H and O–H groups in total. The van der Waals surface area contributed by atoms with E-state index in [4.69, 9.17) is 4.74 Å². The Labute approximate surface area is 163 Å². The van der Waals surface area contributed by atoms with Gasteiger partial charge < -0.3 is 14.6 Å². The molecule has 0 saturated carbocycles. The standard InChI is InChI=1S/C22H22FN3O2/c1-15(16-7-9-18(23)10-8-16)13-20(27)25-21(22-24-11-12-26(22)2)17-5-4-6-19(14-17)28-3/h4-14,21H,1-3H3,(H,25,27)/b15-13-. The van der Waals surface area contributed by atoms with Crippen molar-refractivity contribution in [1.29, 1.82) is 0 Å². The predicted molar refractivity (Wildman–Crippen MR) is 106 cm³/mol. The van der Waals surface area contributed by atoms with Gasteiger partial charge in [-0.3, -0.25) is 4.79 Å². The Morgan fingerprint density at radius 3 is 2.64 bits per heavy atom. The van der Waals surface area contributed by atoms with Crippen LogP contribution in [-0.2, 0) is 11.8 Å². The minimum atomic E-state index is -0.445. The fourth-order valence-electron chi connectivity index (χ4n) is 2.95. The number of carbonyl (C=O) groups excluding carboxylic acids is 1. The van der Waals surface area contributed by atoms with Crippen LogP contribution in [0.1, 0.15) is 29.9 Å². The van der Waals surface area contributed by atoms with Gasteiger partial charge in [0.25, 0.3) is 0 Å². The summed E-state index contributed by atoms with van der Waals surface area (Å²) in [7, 11) is 3.48. The summed E-state index contributed by atoms with van der Waals surface area (Å²) in [4.78, 5) is 17.1. The molecular formula is C22H22FN3O2. The molecule has 0 aliphatic rings. The van der Waals surface area contributed by atoms with Crippen molar-refractivity contribution in [1.82, 2.24) is 14.9 Å². The van der Waals surface area contributed by atoms with Crippen molar-refractivity contribution in [3.8, 4) is 5.75 Å². The topological polar surface area (TPSA) is 56.1 Å². The molecule has 0 saturated heterocycles. The first-order valence-electron chi connectivity index (χ1n) is 8.84. The summed E-state index contributed by atoms with van der Waals surface area (Å²) in [5.41, 5.74) is 2.38. The van der Waals surface area contributed by atoms with Gasteiger partial charge in [-0.2, -0.15) is 0 Å². The highest BCUT2D eigenvalue weighted by atomic mass is 19.1. The molecule has 1 amide bonds. The molecule has 1 heterocycles. The van der Waals surface area contributed by atoms with Crippen LogP contribution >= 0.6 is 0 Å². The maximum absolute atomic E-state index is 13.1. The third kappa shape index (κ3) is 4.46. The van der Waals surface area contributed by atoms with E-state index in [-0.39, 0.29) is 11.7 Å². The van der Waals surface area contributed by atoms with Crippen LogP contribution in [-0.4, -0.2) is 22.6 Å². The first-order valence-corrected chi connectivity index (χ1v) is 8.84. The van der Waals surface area contributed by atoms with Crippen LogP contribution in [0.2, 0.25) is 0 Å². The number of hydrogen-bond acceptors (Lipinski definition) is 3. The molecule has 2 aromatic carbocycles. The number of carbonyl (C=O) groups is 1. The molecule has 0 radical (unpaired) electrons. The SMILES string of the molecule is COc1cccc(C(NC(=O)/C=C(/C)c2ccc(F)cc2)c2nccn2C)c1.